The van der Waals surface area contributed by atoms with E-state index in [1.165, 1.54) is 10.9 Å². The predicted octanol–water partition coefficient (Wildman–Crippen LogP) is 6.42. The highest BCUT2D eigenvalue weighted by atomic mass is 35.5. The van der Waals surface area contributed by atoms with Gasteiger partial charge in [0.05, 0.1) is 11.7 Å². The van der Waals surface area contributed by atoms with E-state index in [1.54, 1.807) is 6.20 Å². The minimum atomic E-state index is -0.00277. The number of halogens is 1. The van der Waals surface area contributed by atoms with Gasteiger partial charge in [-0.25, -0.2) is 0 Å². The molecule has 0 saturated heterocycles. The molecule has 4 aromatic rings. The normalized spacial score (nSPS) is 15.2. The Labute approximate surface area is 175 Å². The van der Waals surface area contributed by atoms with Crippen LogP contribution in [-0.2, 0) is 6.54 Å². The van der Waals surface area contributed by atoms with Crippen molar-refractivity contribution in [2.75, 3.05) is 4.90 Å². The van der Waals surface area contributed by atoms with E-state index < -0.39 is 0 Å². The molecule has 1 aliphatic heterocycles. The molecule has 142 valence electrons. The maximum Gasteiger partial charge on any atom is 0.137 e. The van der Waals surface area contributed by atoms with Gasteiger partial charge in [-0.05, 0) is 36.2 Å². The number of nitrogens with zero attached hydrogens (tertiary/aromatic N) is 3. The zero-order valence-electron chi connectivity index (χ0n) is 16.1. The minimum Gasteiger partial charge on any atom is -0.321 e. The van der Waals surface area contributed by atoms with E-state index in [9.17, 15) is 0 Å². The van der Waals surface area contributed by atoms with Crippen molar-refractivity contribution in [3.05, 3.63) is 107 Å². The molecule has 3 aromatic carbocycles. The Balaban J connectivity index is 1.67. The summed E-state index contributed by atoms with van der Waals surface area (Å²) in [5.41, 5.74) is 4.62. The molecule has 4 heteroatoms. The number of aromatic nitrogens is 1. The number of amidine groups is 1. The monoisotopic (exact) mass is 397 g/mol. The third-order valence-corrected chi connectivity index (χ3v) is 5.75. The summed E-state index contributed by atoms with van der Waals surface area (Å²) in [6.07, 6.45) is 3.68. The Morgan fingerprint density at radius 1 is 0.966 bits per heavy atom. The van der Waals surface area contributed by atoms with Crippen LogP contribution in [-0.4, -0.2) is 10.8 Å². The van der Waals surface area contributed by atoms with Gasteiger partial charge in [-0.3, -0.25) is 9.98 Å². The van der Waals surface area contributed by atoms with Crippen LogP contribution in [0.4, 0.5) is 5.69 Å². The van der Waals surface area contributed by atoms with E-state index in [1.807, 2.05) is 24.4 Å². The lowest BCUT2D eigenvalue weighted by atomic mass is 10.1. The lowest BCUT2D eigenvalue weighted by Gasteiger charge is -2.22. The average Bonchev–Trinajstić information content (AvgIpc) is 3.06. The van der Waals surface area contributed by atoms with Gasteiger partial charge in [-0.2, -0.15) is 0 Å². The molecule has 0 N–H and O–H groups in total. The maximum absolute atomic E-state index is 6.52. The molecule has 5 rings (SSSR count). The highest BCUT2D eigenvalue weighted by Crippen LogP contribution is 2.42. The second-order valence-corrected chi connectivity index (χ2v) is 7.69. The van der Waals surface area contributed by atoms with E-state index in [0.717, 1.165) is 39.6 Å². The Morgan fingerprint density at radius 2 is 1.83 bits per heavy atom. The topological polar surface area (TPSA) is 28.5 Å². The molecule has 0 spiro atoms. The van der Waals surface area contributed by atoms with Crippen LogP contribution in [0.2, 0.25) is 5.02 Å². The molecular weight excluding hydrogens is 378 g/mol. The summed E-state index contributed by atoms with van der Waals surface area (Å²) >= 11 is 6.52. The largest absolute Gasteiger partial charge is 0.321 e. The van der Waals surface area contributed by atoms with Gasteiger partial charge < -0.3 is 4.90 Å². The van der Waals surface area contributed by atoms with Crippen LogP contribution in [0.3, 0.4) is 0 Å². The fourth-order valence-electron chi connectivity index (χ4n) is 3.97. The van der Waals surface area contributed by atoms with Gasteiger partial charge >= 0.3 is 0 Å². The SMILES string of the molecule is CC(N=C1c2cccc3c(Cl)ccc(c23)N1Cc1ccccc1)c1cccnc1. The van der Waals surface area contributed by atoms with Gasteiger partial charge in [0.15, 0.2) is 0 Å². The van der Waals surface area contributed by atoms with Gasteiger partial charge in [0, 0.05) is 40.3 Å². The van der Waals surface area contributed by atoms with Crippen molar-refractivity contribution in [2.45, 2.75) is 19.5 Å². The molecule has 0 aliphatic carbocycles. The quantitative estimate of drug-likeness (QED) is 0.397. The lowest BCUT2D eigenvalue weighted by molar-refractivity contribution is 0.806. The summed E-state index contributed by atoms with van der Waals surface area (Å²) in [5.74, 6) is 0.980. The average molecular weight is 398 g/mol. The minimum absolute atomic E-state index is 0.00277. The molecule has 1 aromatic heterocycles. The van der Waals surface area contributed by atoms with E-state index in [0.29, 0.717) is 0 Å². The van der Waals surface area contributed by atoms with Gasteiger partial charge in [0.1, 0.15) is 5.84 Å². The predicted molar refractivity (Wildman–Crippen MR) is 121 cm³/mol. The second kappa shape index (κ2) is 7.34. The molecule has 0 saturated carbocycles. The fourth-order valence-corrected chi connectivity index (χ4v) is 4.19. The van der Waals surface area contributed by atoms with Crippen LogP contribution in [0.5, 0.6) is 0 Å². The summed E-state index contributed by atoms with van der Waals surface area (Å²) < 4.78 is 0. The summed E-state index contributed by atoms with van der Waals surface area (Å²) in [6.45, 7) is 2.87. The first-order valence-corrected chi connectivity index (χ1v) is 10.1. The zero-order chi connectivity index (χ0) is 19.8. The molecule has 0 bridgehead atoms. The molecule has 0 radical (unpaired) electrons. The Kier molecular flexibility index (Phi) is 4.53. The van der Waals surface area contributed by atoms with Crippen LogP contribution in [0.25, 0.3) is 10.8 Å². The molecular formula is C25H20ClN3. The number of benzene rings is 3. The van der Waals surface area contributed by atoms with Crippen molar-refractivity contribution in [1.29, 1.82) is 0 Å². The molecule has 29 heavy (non-hydrogen) atoms. The van der Waals surface area contributed by atoms with Crippen molar-refractivity contribution >= 4 is 33.9 Å². The molecule has 2 heterocycles. The third-order valence-electron chi connectivity index (χ3n) is 5.42. The summed E-state index contributed by atoms with van der Waals surface area (Å²) in [5, 5.41) is 3.01. The fraction of sp³-hybridized carbons (Fsp3) is 0.120. The summed E-state index contributed by atoms with van der Waals surface area (Å²) in [7, 11) is 0. The zero-order valence-corrected chi connectivity index (χ0v) is 16.8. The van der Waals surface area contributed by atoms with Crippen molar-refractivity contribution in [3.63, 3.8) is 0 Å². The van der Waals surface area contributed by atoms with Crippen LogP contribution >= 0.6 is 11.6 Å². The van der Waals surface area contributed by atoms with Gasteiger partial charge in [0.2, 0.25) is 0 Å². The Hall–Kier alpha value is -3.17. The third kappa shape index (κ3) is 3.18. The van der Waals surface area contributed by atoms with E-state index in [2.05, 4.69) is 71.4 Å². The van der Waals surface area contributed by atoms with Gasteiger partial charge in [-0.1, -0.05) is 66.2 Å². The molecule has 3 nitrogen and oxygen atoms in total. The highest BCUT2D eigenvalue weighted by Gasteiger charge is 2.29. The summed E-state index contributed by atoms with van der Waals surface area (Å²) in [4.78, 5) is 11.7. The first-order valence-electron chi connectivity index (χ1n) is 9.73. The van der Waals surface area contributed by atoms with Gasteiger partial charge in [-0.15, -0.1) is 0 Å². The van der Waals surface area contributed by atoms with Crippen LogP contribution < -0.4 is 4.90 Å². The highest BCUT2D eigenvalue weighted by molar-refractivity contribution is 6.38. The van der Waals surface area contributed by atoms with E-state index in [-0.39, 0.29) is 6.04 Å². The van der Waals surface area contributed by atoms with Gasteiger partial charge in [0.25, 0.3) is 0 Å². The van der Waals surface area contributed by atoms with E-state index in [4.69, 9.17) is 16.6 Å². The number of pyridine rings is 1. The number of anilines is 1. The van der Waals surface area contributed by atoms with Crippen LogP contribution in [0.15, 0.2) is 90.2 Å². The lowest BCUT2D eigenvalue weighted by Crippen LogP contribution is -2.27. The van der Waals surface area contributed by atoms with E-state index >= 15 is 0 Å². The van der Waals surface area contributed by atoms with Crippen molar-refractivity contribution < 1.29 is 0 Å². The van der Waals surface area contributed by atoms with Crippen molar-refractivity contribution in [1.82, 2.24) is 4.98 Å². The molecule has 1 unspecified atom stereocenters. The second-order valence-electron chi connectivity index (χ2n) is 7.28. The smallest absolute Gasteiger partial charge is 0.137 e. The Morgan fingerprint density at radius 3 is 2.62 bits per heavy atom. The van der Waals surface area contributed by atoms with Crippen LogP contribution in [0.1, 0.15) is 29.7 Å². The molecule has 0 fully saturated rings. The first-order chi connectivity index (χ1) is 14.2. The standard InChI is InChI=1S/C25H20ClN3/c1-17(19-9-6-14-27-15-19)28-25-21-11-5-10-20-22(26)12-13-23(24(20)21)29(25)16-18-7-3-2-4-8-18/h2-15,17H,16H2,1H3. The number of rotatable bonds is 4. The van der Waals surface area contributed by atoms with Crippen molar-refractivity contribution in [3.8, 4) is 0 Å². The van der Waals surface area contributed by atoms with Crippen molar-refractivity contribution in [2.24, 2.45) is 4.99 Å². The molecule has 1 aliphatic rings. The molecule has 1 atom stereocenters. The maximum atomic E-state index is 6.52. The number of hydrogen-bond acceptors (Lipinski definition) is 2. The Bertz CT molecular complexity index is 1200. The summed E-state index contributed by atoms with van der Waals surface area (Å²) in [6, 6.07) is 24.9. The first kappa shape index (κ1) is 17.9. The number of aliphatic imine (C=N–C) groups is 1. The van der Waals surface area contributed by atoms with Crippen LogP contribution in [0, 0.1) is 0 Å². The number of hydrogen-bond donors (Lipinski definition) is 0. The molecule has 0 amide bonds.